The predicted molar refractivity (Wildman–Crippen MR) is 136 cm³/mol. The van der Waals surface area contributed by atoms with Crippen LogP contribution in [0.2, 0.25) is 0 Å². The van der Waals surface area contributed by atoms with Gasteiger partial charge < -0.3 is 24.0 Å². The number of anilines is 1. The first-order chi connectivity index (χ1) is 19.1. The standard InChI is InChI=1S/C28H24ClF3N2O6/c29-28(31,32)39-22-4-2-1-3-19(22)24-23(25(40-33-24)14-5-6-14)27(37)38-18-12-16-8-9-17(13-18)34(16)21-10-7-15(26(35)36)11-20(21)30/h1-4,7,10-11,14,16-18H,5-6,8-9,12-13H2,(H,35,36). The summed E-state index contributed by atoms with van der Waals surface area (Å²) in [5.74, 6) is -2.45. The highest BCUT2D eigenvalue weighted by Crippen LogP contribution is 2.47. The SMILES string of the molecule is O=C(O)c1ccc(N2C3CCC2CC(OC(=O)c2c(-c4ccccc4OC(F)(F)Cl)noc2C2CC2)C3)c(F)c1. The fourth-order valence-corrected chi connectivity index (χ4v) is 5.94. The Balaban J connectivity index is 1.24. The van der Waals surface area contributed by atoms with E-state index in [1.807, 2.05) is 4.90 Å². The minimum Gasteiger partial charge on any atom is -0.478 e. The molecule has 2 aliphatic heterocycles. The van der Waals surface area contributed by atoms with E-state index in [4.69, 9.17) is 26.0 Å². The fraction of sp³-hybridized carbons (Fsp3) is 0.393. The maximum Gasteiger partial charge on any atom is 0.487 e. The van der Waals surface area contributed by atoms with Crippen molar-refractivity contribution in [2.75, 3.05) is 4.90 Å². The van der Waals surface area contributed by atoms with Gasteiger partial charge in [0.15, 0.2) is 5.76 Å². The molecular weight excluding hydrogens is 553 g/mol. The number of ether oxygens (including phenoxy) is 2. The summed E-state index contributed by atoms with van der Waals surface area (Å²) in [4.78, 5) is 26.7. The molecule has 0 spiro atoms. The van der Waals surface area contributed by atoms with Crippen LogP contribution >= 0.6 is 11.6 Å². The van der Waals surface area contributed by atoms with Gasteiger partial charge in [-0.25, -0.2) is 14.0 Å². The Bertz CT molecular complexity index is 1460. The van der Waals surface area contributed by atoms with Crippen molar-refractivity contribution in [1.82, 2.24) is 5.16 Å². The molecule has 6 rings (SSSR count). The van der Waals surface area contributed by atoms with Crippen LogP contribution in [0, 0.1) is 5.82 Å². The van der Waals surface area contributed by atoms with Crippen molar-refractivity contribution in [3.8, 4) is 17.0 Å². The number of hydrogen-bond donors (Lipinski definition) is 1. The van der Waals surface area contributed by atoms with Crippen LogP contribution in [0.3, 0.4) is 0 Å². The van der Waals surface area contributed by atoms with Crippen molar-refractivity contribution in [1.29, 1.82) is 0 Å². The molecule has 40 heavy (non-hydrogen) atoms. The number of alkyl halides is 3. The van der Waals surface area contributed by atoms with Gasteiger partial charge in [-0.3, -0.25) is 0 Å². The van der Waals surface area contributed by atoms with Gasteiger partial charge in [0.1, 0.15) is 28.9 Å². The average molecular weight is 577 g/mol. The van der Waals surface area contributed by atoms with Crippen LogP contribution in [-0.2, 0) is 4.74 Å². The van der Waals surface area contributed by atoms with Gasteiger partial charge in [-0.2, -0.15) is 0 Å². The van der Waals surface area contributed by atoms with Crippen molar-refractivity contribution in [2.24, 2.45) is 0 Å². The van der Waals surface area contributed by atoms with Gasteiger partial charge in [-0.15, -0.1) is 8.78 Å². The van der Waals surface area contributed by atoms with E-state index in [1.54, 1.807) is 6.07 Å². The number of halogens is 4. The quantitative estimate of drug-likeness (QED) is 0.237. The number of carboxylic acids is 1. The molecule has 0 amide bonds. The molecule has 2 bridgehead atoms. The molecule has 1 aliphatic carbocycles. The van der Waals surface area contributed by atoms with Crippen LogP contribution in [-0.4, -0.2) is 46.0 Å². The third kappa shape index (κ3) is 5.10. The summed E-state index contributed by atoms with van der Waals surface area (Å²) in [5.41, 5.74) is -3.56. The normalized spacial score (nSPS) is 22.3. The van der Waals surface area contributed by atoms with E-state index < -0.39 is 29.4 Å². The molecule has 210 valence electrons. The number of carbonyl (C=O) groups is 2. The van der Waals surface area contributed by atoms with E-state index in [-0.39, 0.29) is 46.1 Å². The van der Waals surface area contributed by atoms with Crippen LogP contribution in [0.15, 0.2) is 47.0 Å². The lowest BCUT2D eigenvalue weighted by molar-refractivity contribution is -0.0961. The highest BCUT2D eigenvalue weighted by atomic mass is 35.5. The molecule has 8 nitrogen and oxygen atoms in total. The zero-order valence-electron chi connectivity index (χ0n) is 21.0. The number of benzene rings is 2. The number of carbonyl (C=O) groups excluding carboxylic acids is 1. The van der Waals surface area contributed by atoms with Gasteiger partial charge in [0, 0.05) is 48.0 Å². The Kier molecular flexibility index (Phi) is 6.64. The Morgan fingerprint density at radius 1 is 1.07 bits per heavy atom. The molecule has 3 fully saturated rings. The molecule has 2 atom stereocenters. The lowest BCUT2D eigenvalue weighted by atomic mass is 9.98. The monoisotopic (exact) mass is 576 g/mol. The van der Waals surface area contributed by atoms with Gasteiger partial charge in [0.05, 0.1) is 11.3 Å². The first-order valence-corrected chi connectivity index (χ1v) is 13.3. The maximum atomic E-state index is 14.9. The fourth-order valence-electron chi connectivity index (χ4n) is 5.86. The molecule has 3 aromatic rings. The Hall–Kier alpha value is -3.73. The van der Waals surface area contributed by atoms with Crippen molar-refractivity contribution >= 4 is 29.2 Å². The van der Waals surface area contributed by atoms with Gasteiger partial charge in [-0.1, -0.05) is 17.3 Å². The summed E-state index contributed by atoms with van der Waals surface area (Å²) < 4.78 is 57.9. The summed E-state index contributed by atoms with van der Waals surface area (Å²) >= 11 is 5.00. The van der Waals surface area contributed by atoms with Crippen molar-refractivity contribution in [3.05, 3.63) is 65.2 Å². The van der Waals surface area contributed by atoms with Crippen molar-refractivity contribution in [3.63, 3.8) is 0 Å². The van der Waals surface area contributed by atoms with Gasteiger partial charge in [0.25, 0.3) is 0 Å². The summed E-state index contributed by atoms with van der Waals surface area (Å²) in [7, 11) is 0. The van der Waals surface area contributed by atoms with E-state index in [0.29, 0.717) is 24.3 Å². The molecule has 1 N–H and O–H groups in total. The van der Waals surface area contributed by atoms with E-state index in [9.17, 15) is 22.8 Å². The van der Waals surface area contributed by atoms with Gasteiger partial charge in [0.2, 0.25) is 0 Å². The first-order valence-electron chi connectivity index (χ1n) is 13.0. The lowest BCUT2D eigenvalue weighted by Crippen LogP contribution is -2.46. The van der Waals surface area contributed by atoms with Crippen molar-refractivity contribution in [2.45, 2.75) is 68.2 Å². The average Bonchev–Trinajstić information content (AvgIpc) is 3.58. The first kappa shape index (κ1) is 26.5. The molecule has 1 aromatic heterocycles. The minimum absolute atomic E-state index is 0.0267. The number of carboxylic acid groups (broad SMARTS) is 1. The van der Waals surface area contributed by atoms with Crippen LogP contribution < -0.4 is 9.64 Å². The van der Waals surface area contributed by atoms with E-state index >= 15 is 0 Å². The molecule has 0 radical (unpaired) electrons. The molecule has 3 aliphatic rings. The number of piperidine rings is 1. The van der Waals surface area contributed by atoms with E-state index in [2.05, 4.69) is 9.89 Å². The van der Waals surface area contributed by atoms with Crippen LogP contribution in [0.25, 0.3) is 11.3 Å². The van der Waals surface area contributed by atoms with Crippen LogP contribution in [0.5, 0.6) is 5.75 Å². The Morgan fingerprint density at radius 3 is 2.40 bits per heavy atom. The Morgan fingerprint density at radius 2 is 1.77 bits per heavy atom. The maximum absolute atomic E-state index is 14.9. The molecule has 2 saturated heterocycles. The molecule has 12 heteroatoms. The third-order valence-corrected chi connectivity index (χ3v) is 7.75. The van der Waals surface area contributed by atoms with Crippen molar-refractivity contribution < 1.29 is 41.9 Å². The van der Waals surface area contributed by atoms with Gasteiger partial charge >= 0.3 is 17.5 Å². The lowest BCUT2D eigenvalue weighted by Gasteiger charge is -2.40. The molecular formula is C28H24ClF3N2O6. The number of nitrogens with zero attached hydrogens (tertiary/aromatic N) is 2. The van der Waals surface area contributed by atoms with Gasteiger partial charge in [-0.05, 0) is 56.0 Å². The second-order valence-electron chi connectivity index (χ2n) is 10.4. The highest BCUT2D eigenvalue weighted by Gasteiger charge is 2.44. The van der Waals surface area contributed by atoms with Crippen LogP contribution in [0.1, 0.15) is 70.9 Å². The number of esters is 1. The topological polar surface area (TPSA) is 102 Å². The Labute approximate surface area is 231 Å². The zero-order chi connectivity index (χ0) is 28.2. The number of rotatable bonds is 8. The highest BCUT2D eigenvalue weighted by molar-refractivity contribution is 6.20. The largest absolute Gasteiger partial charge is 0.487 e. The van der Waals surface area contributed by atoms with Crippen LogP contribution in [0.4, 0.5) is 18.9 Å². The molecule has 3 heterocycles. The van der Waals surface area contributed by atoms with E-state index in [0.717, 1.165) is 31.7 Å². The molecule has 2 unspecified atom stereocenters. The summed E-state index contributed by atoms with van der Waals surface area (Å²) in [6.07, 6.45) is 3.53. The second kappa shape index (κ2) is 10.0. The molecule has 1 saturated carbocycles. The number of hydrogen-bond acceptors (Lipinski definition) is 7. The third-order valence-electron chi connectivity index (χ3n) is 7.67. The number of fused-ring (bicyclic) bond motifs is 2. The summed E-state index contributed by atoms with van der Waals surface area (Å²) in [6.45, 7) is 0. The molecule has 2 aromatic carbocycles. The zero-order valence-corrected chi connectivity index (χ0v) is 21.7. The van der Waals surface area contributed by atoms with E-state index in [1.165, 1.54) is 30.3 Å². The predicted octanol–water partition coefficient (Wildman–Crippen LogP) is 6.58. The number of para-hydroxylation sites is 1. The minimum atomic E-state index is -3.97. The summed E-state index contributed by atoms with van der Waals surface area (Å²) in [5, 5.41) is 13.2. The number of aromatic carboxylic acids is 1. The second-order valence-corrected chi connectivity index (χ2v) is 10.8. The smallest absolute Gasteiger partial charge is 0.478 e. The number of aromatic nitrogens is 1. The summed E-state index contributed by atoms with van der Waals surface area (Å²) in [6, 6.07) is 9.50.